The molecular formula is C15H31NO2. The number of hydrogen-bond donors (Lipinski definition) is 0. The van der Waals surface area contributed by atoms with Crippen LogP contribution in [0.15, 0.2) is 0 Å². The lowest BCUT2D eigenvalue weighted by Crippen LogP contribution is -2.41. The van der Waals surface area contributed by atoms with E-state index in [4.69, 9.17) is 9.47 Å². The largest absolute Gasteiger partial charge is 0.375 e. The van der Waals surface area contributed by atoms with Crippen LogP contribution in [-0.4, -0.2) is 48.4 Å². The van der Waals surface area contributed by atoms with Crippen molar-refractivity contribution in [3.05, 3.63) is 0 Å². The van der Waals surface area contributed by atoms with Crippen molar-refractivity contribution < 1.29 is 9.47 Å². The zero-order valence-corrected chi connectivity index (χ0v) is 13.1. The van der Waals surface area contributed by atoms with Crippen molar-refractivity contribution in [2.24, 2.45) is 0 Å². The molecule has 0 N–H and O–H groups in total. The first-order valence-electron chi connectivity index (χ1n) is 7.20. The summed E-state index contributed by atoms with van der Waals surface area (Å²) in [6.45, 7) is 16.9. The van der Waals surface area contributed by atoms with Crippen LogP contribution in [0.2, 0.25) is 0 Å². The lowest BCUT2D eigenvalue weighted by Gasteiger charge is -2.35. The van der Waals surface area contributed by atoms with Gasteiger partial charge in [0.15, 0.2) is 0 Å². The van der Waals surface area contributed by atoms with Gasteiger partial charge in [-0.15, -0.1) is 0 Å². The van der Waals surface area contributed by atoms with Gasteiger partial charge in [-0.05, 0) is 54.4 Å². The van der Waals surface area contributed by atoms with E-state index >= 15 is 0 Å². The highest BCUT2D eigenvalue weighted by molar-refractivity contribution is 4.75. The fraction of sp³-hybridized carbons (Fsp3) is 1.00. The Labute approximate surface area is 113 Å². The van der Waals surface area contributed by atoms with Crippen LogP contribution in [0, 0.1) is 0 Å². The molecule has 3 heteroatoms. The summed E-state index contributed by atoms with van der Waals surface area (Å²) in [5, 5.41) is 0. The molecule has 0 amide bonds. The third-order valence-electron chi connectivity index (χ3n) is 3.00. The average molecular weight is 257 g/mol. The van der Waals surface area contributed by atoms with Gasteiger partial charge < -0.3 is 14.4 Å². The molecule has 108 valence electrons. The van der Waals surface area contributed by atoms with Gasteiger partial charge in [0.2, 0.25) is 0 Å². The summed E-state index contributed by atoms with van der Waals surface area (Å²) in [7, 11) is 0. The maximum Gasteiger partial charge on any atom is 0.0606 e. The Kier molecular flexibility index (Phi) is 5.63. The van der Waals surface area contributed by atoms with Gasteiger partial charge in [0.05, 0.1) is 23.9 Å². The summed E-state index contributed by atoms with van der Waals surface area (Å²) < 4.78 is 11.8. The number of nitrogens with zero attached hydrogens (tertiary/aromatic N) is 1. The predicted octanol–water partition coefficient (Wildman–Crippen LogP) is 3.08. The maximum absolute atomic E-state index is 6.03. The topological polar surface area (TPSA) is 21.7 Å². The van der Waals surface area contributed by atoms with E-state index in [2.05, 4.69) is 46.4 Å². The normalized spacial score (nSPS) is 20.3. The third kappa shape index (κ3) is 7.34. The van der Waals surface area contributed by atoms with Crippen molar-refractivity contribution >= 4 is 0 Å². The van der Waals surface area contributed by atoms with Crippen molar-refractivity contribution in [3.8, 4) is 0 Å². The second kappa shape index (κ2) is 6.36. The van der Waals surface area contributed by atoms with Crippen LogP contribution in [0.25, 0.3) is 0 Å². The molecule has 18 heavy (non-hydrogen) atoms. The smallest absolute Gasteiger partial charge is 0.0606 e. The predicted molar refractivity (Wildman–Crippen MR) is 76.0 cm³/mol. The van der Waals surface area contributed by atoms with Gasteiger partial charge in [-0.1, -0.05) is 0 Å². The van der Waals surface area contributed by atoms with Crippen molar-refractivity contribution in [3.63, 3.8) is 0 Å². The van der Waals surface area contributed by atoms with Crippen LogP contribution in [0.3, 0.4) is 0 Å². The van der Waals surface area contributed by atoms with Crippen molar-refractivity contribution in [2.45, 2.75) is 71.7 Å². The standard InChI is InChI=1S/C15H31NO2/c1-14(2,3)17-12-11-16-9-7-13(8-10-16)18-15(4,5)6/h13H,7-12H2,1-6H3. The van der Waals surface area contributed by atoms with E-state index in [1.54, 1.807) is 0 Å². The summed E-state index contributed by atoms with van der Waals surface area (Å²) in [5.41, 5.74) is -0.0319. The Balaban J connectivity index is 2.16. The maximum atomic E-state index is 6.03. The average Bonchev–Trinajstić information content (AvgIpc) is 2.16. The zero-order valence-electron chi connectivity index (χ0n) is 13.1. The van der Waals surface area contributed by atoms with E-state index < -0.39 is 0 Å². The highest BCUT2D eigenvalue weighted by atomic mass is 16.5. The summed E-state index contributed by atoms with van der Waals surface area (Å²) >= 11 is 0. The molecule has 0 bridgehead atoms. The van der Waals surface area contributed by atoms with Gasteiger partial charge in [-0.25, -0.2) is 0 Å². The molecule has 1 aliphatic heterocycles. The van der Waals surface area contributed by atoms with E-state index in [-0.39, 0.29) is 11.2 Å². The first kappa shape index (κ1) is 15.9. The molecule has 0 unspecified atom stereocenters. The van der Waals surface area contributed by atoms with Gasteiger partial charge in [0.1, 0.15) is 0 Å². The molecule has 1 saturated heterocycles. The number of rotatable bonds is 4. The summed E-state index contributed by atoms with van der Waals surface area (Å²) in [6.07, 6.45) is 2.73. The minimum Gasteiger partial charge on any atom is -0.375 e. The fourth-order valence-electron chi connectivity index (χ4n) is 2.23. The molecule has 0 aromatic rings. The molecule has 0 radical (unpaired) electrons. The Morgan fingerprint density at radius 1 is 0.944 bits per heavy atom. The molecule has 1 aliphatic rings. The molecule has 0 aliphatic carbocycles. The molecule has 0 aromatic carbocycles. The van der Waals surface area contributed by atoms with Gasteiger partial charge >= 0.3 is 0 Å². The van der Waals surface area contributed by atoms with Crippen LogP contribution in [0.4, 0.5) is 0 Å². The molecule has 0 spiro atoms. The number of hydrogen-bond acceptors (Lipinski definition) is 3. The monoisotopic (exact) mass is 257 g/mol. The van der Waals surface area contributed by atoms with E-state index in [1.807, 2.05) is 0 Å². The van der Waals surface area contributed by atoms with E-state index in [0.717, 1.165) is 39.1 Å². The third-order valence-corrected chi connectivity index (χ3v) is 3.00. The van der Waals surface area contributed by atoms with E-state index in [9.17, 15) is 0 Å². The highest BCUT2D eigenvalue weighted by Crippen LogP contribution is 2.20. The fourth-order valence-corrected chi connectivity index (χ4v) is 2.23. The lowest BCUT2D eigenvalue weighted by atomic mass is 10.1. The lowest BCUT2D eigenvalue weighted by molar-refractivity contribution is -0.0857. The van der Waals surface area contributed by atoms with E-state index in [1.165, 1.54) is 0 Å². The molecule has 1 heterocycles. The van der Waals surface area contributed by atoms with Crippen molar-refractivity contribution in [1.82, 2.24) is 4.90 Å². The Bertz CT molecular complexity index is 232. The summed E-state index contributed by atoms with van der Waals surface area (Å²) in [6, 6.07) is 0. The Morgan fingerprint density at radius 3 is 1.94 bits per heavy atom. The van der Waals surface area contributed by atoms with Crippen molar-refractivity contribution in [1.29, 1.82) is 0 Å². The van der Waals surface area contributed by atoms with Crippen LogP contribution < -0.4 is 0 Å². The molecule has 1 rings (SSSR count). The Morgan fingerprint density at radius 2 is 1.50 bits per heavy atom. The number of ether oxygens (including phenoxy) is 2. The summed E-state index contributed by atoms with van der Waals surface area (Å²) in [4.78, 5) is 2.48. The van der Waals surface area contributed by atoms with Gasteiger partial charge in [0.25, 0.3) is 0 Å². The molecule has 0 aromatic heterocycles. The minimum absolute atomic E-state index is 0.0117. The van der Waals surface area contributed by atoms with Gasteiger partial charge in [-0.2, -0.15) is 0 Å². The first-order valence-corrected chi connectivity index (χ1v) is 7.20. The van der Waals surface area contributed by atoms with Gasteiger partial charge in [-0.3, -0.25) is 0 Å². The van der Waals surface area contributed by atoms with Crippen LogP contribution in [0.1, 0.15) is 54.4 Å². The van der Waals surface area contributed by atoms with E-state index in [0.29, 0.717) is 6.10 Å². The molecule has 0 saturated carbocycles. The molecule has 1 fully saturated rings. The SMILES string of the molecule is CC(C)(C)OCCN1CCC(OC(C)(C)C)CC1. The van der Waals surface area contributed by atoms with Crippen LogP contribution >= 0.6 is 0 Å². The zero-order chi connectivity index (χ0) is 13.8. The summed E-state index contributed by atoms with van der Waals surface area (Å²) in [5.74, 6) is 0. The second-order valence-corrected chi connectivity index (χ2v) is 7.23. The van der Waals surface area contributed by atoms with Crippen molar-refractivity contribution in [2.75, 3.05) is 26.2 Å². The minimum atomic E-state index is -0.0202. The molecule has 0 atom stereocenters. The first-order chi connectivity index (χ1) is 8.16. The number of likely N-dealkylation sites (tertiary alicyclic amines) is 1. The Hall–Kier alpha value is -0.120. The quantitative estimate of drug-likeness (QED) is 0.772. The van der Waals surface area contributed by atoms with Crippen LogP contribution in [-0.2, 0) is 9.47 Å². The second-order valence-electron chi connectivity index (χ2n) is 7.23. The molecule has 3 nitrogen and oxygen atoms in total. The highest BCUT2D eigenvalue weighted by Gasteiger charge is 2.24. The van der Waals surface area contributed by atoms with Gasteiger partial charge in [0, 0.05) is 19.6 Å². The molecular weight excluding hydrogens is 226 g/mol. The number of piperidine rings is 1. The van der Waals surface area contributed by atoms with Crippen LogP contribution in [0.5, 0.6) is 0 Å².